The van der Waals surface area contributed by atoms with Crippen LogP contribution in [0.2, 0.25) is 0 Å². The second-order valence-corrected chi connectivity index (χ2v) is 16.7. The standard InChI is InChI=1S/C43H43Cl3N4O17/c1-23(51)59-21-29-32(61-24(2)52)34(62-25(3)53)31(49-42(57)43(44,45)46)40(63-29)67-35-33(65-38(55)27-15-9-5-10-16-27)30(22-60-37(54)26-13-7-4-8-14-26)64-41(58-20-19-48-50-47)36(35)66-39(56)28-17-11-6-12-18-28/h4-18,29-36,40-41H,19-22H2,1-3H3,(H,49,57)/t29-,30-,31-,32-,33+,34-,35+,36-,40+,41-/m1/s1. The monoisotopic (exact) mass is 992 g/mol. The van der Waals surface area contributed by atoms with E-state index in [1.54, 1.807) is 54.6 Å². The fraction of sp³-hybridized carbons (Fsp3) is 0.419. The third-order valence-electron chi connectivity index (χ3n) is 9.57. The molecule has 1 amide bonds. The van der Waals surface area contributed by atoms with Crippen molar-refractivity contribution in [3.63, 3.8) is 0 Å². The summed E-state index contributed by atoms with van der Waals surface area (Å²) in [6, 6.07) is 21.1. The van der Waals surface area contributed by atoms with Crippen molar-refractivity contribution in [1.29, 1.82) is 0 Å². The van der Waals surface area contributed by atoms with Crippen LogP contribution < -0.4 is 5.32 Å². The highest BCUT2D eigenvalue weighted by molar-refractivity contribution is 6.76. The highest BCUT2D eigenvalue weighted by atomic mass is 35.6. The molecule has 21 nitrogen and oxygen atoms in total. The molecule has 0 unspecified atom stereocenters. The van der Waals surface area contributed by atoms with E-state index in [1.165, 1.54) is 36.4 Å². The second-order valence-electron chi connectivity index (χ2n) is 14.4. The summed E-state index contributed by atoms with van der Waals surface area (Å²) < 4.78 is 56.8. The van der Waals surface area contributed by atoms with Crippen LogP contribution in [0.1, 0.15) is 51.8 Å². The summed E-state index contributed by atoms with van der Waals surface area (Å²) in [4.78, 5) is 95.1. The topological polar surface area (TPSA) is 273 Å². The Hall–Kier alpha value is -6.03. The Bertz CT molecular complexity index is 2250. The summed E-state index contributed by atoms with van der Waals surface area (Å²) in [7, 11) is 0. The zero-order valence-corrected chi connectivity index (χ0v) is 37.9. The maximum absolute atomic E-state index is 14.1. The molecule has 0 saturated carbocycles. The van der Waals surface area contributed by atoms with Crippen molar-refractivity contribution in [3.8, 4) is 0 Å². The molecule has 358 valence electrons. The van der Waals surface area contributed by atoms with E-state index < -0.39 is 120 Å². The van der Waals surface area contributed by atoms with Gasteiger partial charge in [0.15, 0.2) is 37.0 Å². The molecule has 3 aromatic carbocycles. The lowest BCUT2D eigenvalue weighted by atomic mass is 9.94. The Morgan fingerprint density at radius 3 is 1.57 bits per heavy atom. The van der Waals surface area contributed by atoms with Crippen LogP contribution in [0.25, 0.3) is 10.4 Å². The number of halogens is 3. The van der Waals surface area contributed by atoms with Gasteiger partial charge in [-0.15, -0.1) is 0 Å². The number of rotatable bonds is 18. The molecular weight excluding hydrogens is 951 g/mol. The predicted octanol–water partition coefficient (Wildman–Crippen LogP) is 4.74. The number of azide groups is 1. The summed E-state index contributed by atoms with van der Waals surface area (Å²) in [6.07, 6.45) is -15.9. The normalized spacial score (nSPS) is 24.6. The zero-order chi connectivity index (χ0) is 48.7. The molecule has 2 saturated heterocycles. The number of hydrogen-bond donors (Lipinski definition) is 1. The Balaban J connectivity index is 1.71. The molecule has 3 aromatic rings. The molecule has 2 heterocycles. The van der Waals surface area contributed by atoms with Crippen LogP contribution in [0.3, 0.4) is 0 Å². The summed E-state index contributed by atoms with van der Waals surface area (Å²) in [5.41, 5.74) is 9.14. The lowest BCUT2D eigenvalue weighted by molar-refractivity contribution is -0.346. The van der Waals surface area contributed by atoms with Crippen molar-refractivity contribution in [2.24, 2.45) is 5.11 Å². The first-order valence-corrected chi connectivity index (χ1v) is 21.3. The molecule has 5 rings (SSSR count). The van der Waals surface area contributed by atoms with E-state index in [0.717, 1.165) is 20.8 Å². The van der Waals surface area contributed by atoms with Crippen molar-refractivity contribution in [2.45, 2.75) is 85.9 Å². The third kappa shape index (κ3) is 15.0. The Morgan fingerprint density at radius 1 is 0.612 bits per heavy atom. The minimum atomic E-state index is -2.70. The lowest BCUT2D eigenvalue weighted by Gasteiger charge is -2.49. The van der Waals surface area contributed by atoms with Gasteiger partial charge in [0.25, 0.3) is 9.70 Å². The van der Waals surface area contributed by atoms with E-state index in [0.29, 0.717) is 0 Å². The second kappa shape index (κ2) is 24.7. The van der Waals surface area contributed by atoms with Gasteiger partial charge in [-0.2, -0.15) is 0 Å². The van der Waals surface area contributed by atoms with E-state index >= 15 is 0 Å². The third-order valence-corrected chi connectivity index (χ3v) is 10.1. The molecule has 67 heavy (non-hydrogen) atoms. The van der Waals surface area contributed by atoms with Gasteiger partial charge < -0.3 is 52.7 Å². The van der Waals surface area contributed by atoms with Crippen LogP contribution in [0.15, 0.2) is 96.1 Å². The van der Waals surface area contributed by atoms with Gasteiger partial charge in [0.05, 0.1) is 23.3 Å². The smallest absolute Gasteiger partial charge is 0.338 e. The number of carbonyl (C=O) groups excluding carboxylic acids is 7. The average Bonchev–Trinajstić information content (AvgIpc) is 3.29. The number of nitrogens with zero attached hydrogens (tertiary/aromatic N) is 3. The van der Waals surface area contributed by atoms with E-state index in [4.69, 9.17) is 87.7 Å². The molecule has 0 radical (unpaired) electrons. The van der Waals surface area contributed by atoms with Gasteiger partial charge in [-0.05, 0) is 41.9 Å². The zero-order valence-electron chi connectivity index (χ0n) is 35.7. The Morgan fingerprint density at radius 2 is 1.07 bits per heavy atom. The van der Waals surface area contributed by atoms with Gasteiger partial charge in [0, 0.05) is 32.2 Å². The quantitative estimate of drug-likeness (QED) is 0.0343. The molecule has 0 spiro atoms. The van der Waals surface area contributed by atoms with Gasteiger partial charge in [-0.25, -0.2) is 14.4 Å². The van der Waals surface area contributed by atoms with Crippen LogP contribution in [0.5, 0.6) is 0 Å². The highest BCUT2D eigenvalue weighted by Gasteiger charge is 2.58. The number of benzene rings is 3. The molecule has 10 atom stereocenters. The molecule has 0 aromatic heterocycles. The molecule has 1 N–H and O–H groups in total. The average molecular weight is 994 g/mol. The van der Waals surface area contributed by atoms with Crippen molar-refractivity contribution in [1.82, 2.24) is 5.32 Å². The van der Waals surface area contributed by atoms with Gasteiger partial charge >= 0.3 is 35.8 Å². The van der Waals surface area contributed by atoms with Crippen LogP contribution in [-0.4, -0.2) is 133 Å². The summed E-state index contributed by atoms with van der Waals surface area (Å²) in [6.45, 7) is 1.02. The molecule has 2 fully saturated rings. The van der Waals surface area contributed by atoms with Crippen molar-refractivity contribution >= 4 is 76.5 Å². The van der Waals surface area contributed by atoms with Gasteiger partial charge in [-0.3, -0.25) is 19.2 Å². The lowest BCUT2D eigenvalue weighted by Crippen LogP contribution is -2.70. The summed E-state index contributed by atoms with van der Waals surface area (Å²) in [5.74, 6) is -6.93. The fourth-order valence-corrected chi connectivity index (χ4v) is 6.89. The van der Waals surface area contributed by atoms with E-state index in [2.05, 4.69) is 15.3 Å². The number of ether oxygens (including phenoxy) is 10. The number of alkyl halides is 3. The largest absolute Gasteiger partial charge is 0.463 e. The first-order valence-electron chi connectivity index (χ1n) is 20.1. The number of amides is 1. The van der Waals surface area contributed by atoms with Crippen molar-refractivity contribution < 1.29 is 80.9 Å². The number of carbonyl (C=O) groups is 7. The molecule has 0 bridgehead atoms. The minimum Gasteiger partial charge on any atom is -0.463 e. The molecule has 2 aliphatic heterocycles. The van der Waals surface area contributed by atoms with E-state index in [1.807, 2.05) is 0 Å². The van der Waals surface area contributed by atoms with Gasteiger partial charge in [0.2, 0.25) is 0 Å². The van der Waals surface area contributed by atoms with Crippen LogP contribution in [0, 0.1) is 0 Å². The first-order chi connectivity index (χ1) is 32.0. The van der Waals surface area contributed by atoms with Crippen molar-refractivity contribution in [3.05, 3.63) is 118 Å². The number of esters is 6. The molecule has 24 heteroatoms. The van der Waals surface area contributed by atoms with Crippen LogP contribution in [-0.2, 0) is 66.5 Å². The maximum atomic E-state index is 14.1. The SMILES string of the molecule is CC(=O)OC[C@H]1O[C@@H](O[C@H]2[C@@H](OC(=O)c3ccccc3)[C@@H](COC(=O)c3ccccc3)O[C@@H](OCCN=[N+]=[N-])[C@@H]2OC(=O)c2ccccc2)[C@H](NC(=O)C(Cl)(Cl)Cl)[C@@H](OC(C)=O)[C@@H]1OC(C)=O. The maximum Gasteiger partial charge on any atom is 0.338 e. The van der Waals surface area contributed by atoms with E-state index in [9.17, 15) is 33.6 Å². The molecular formula is C43H43Cl3N4O17. The summed E-state index contributed by atoms with van der Waals surface area (Å²) in [5, 5.41) is 5.85. The Kier molecular flexibility index (Phi) is 19.1. The number of nitrogens with one attached hydrogen (secondary N) is 1. The fourth-order valence-electron chi connectivity index (χ4n) is 6.73. The minimum absolute atomic E-state index is 0.00755. The van der Waals surface area contributed by atoms with Crippen molar-refractivity contribution in [2.75, 3.05) is 26.4 Å². The molecule has 2 aliphatic rings. The van der Waals surface area contributed by atoms with Crippen LogP contribution >= 0.6 is 34.8 Å². The first kappa shape index (κ1) is 51.9. The highest BCUT2D eigenvalue weighted by Crippen LogP contribution is 2.36. The van der Waals surface area contributed by atoms with Crippen LogP contribution in [0.4, 0.5) is 0 Å². The summed E-state index contributed by atoms with van der Waals surface area (Å²) >= 11 is 18.0. The molecule has 0 aliphatic carbocycles. The van der Waals surface area contributed by atoms with Gasteiger partial charge in [-0.1, -0.05) is 94.5 Å². The number of hydrogen-bond acceptors (Lipinski definition) is 18. The predicted molar refractivity (Wildman–Crippen MR) is 230 cm³/mol. The van der Waals surface area contributed by atoms with E-state index in [-0.39, 0.29) is 29.8 Å². The Labute approximate surface area is 397 Å². The van der Waals surface area contributed by atoms with Gasteiger partial charge in [0.1, 0.15) is 37.6 Å².